The Bertz CT molecular complexity index is 1070. The highest BCUT2D eigenvalue weighted by atomic mass is 32.2. The van der Waals surface area contributed by atoms with E-state index >= 15 is 0 Å². The molecule has 0 N–H and O–H groups in total. The summed E-state index contributed by atoms with van der Waals surface area (Å²) in [4.78, 5) is 17.4. The van der Waals surface area contributed by atoms with E-state index in [0.717, 1.165) is 15.7 Å². The van der Waals surface area contributed by atoms with Gasteiger partial charge in [0.2, 0.25) is 0 Å². The molecule has 0 bridgehead atoms. The van der Waals surface area contributed by atoms with Crippen molar-refractivity contribution in [2.75, 3.05) is 24.6 Å². The van der Waals surface area contributed by atoms with Crippen LogP contribution in [0.15, 0.2) is 52.9 Å². The number of methoxy groups -OCH3 is 1. The molecule has 0 amide bonds. The quantitative estimate of drug-likeness (QED) is 0.484. The molecule has 0 aliphatic carbocycles. The van der Waals surface area contributed by atoms with Gasteiger partial charge in [-0.05, 0) is 32.0 Å². The lowest BCUT2D eigenvalue weighted by atomic mass is 10.1. The molecule has 3 rings (SSSR count). The van der Waals surface area contributed by atoms with Crippen molar-refractivity contribution in [1.82, 2.24) is 9.55 Å². The maximum absolute atomic E-state index is 13.2. The summed E-state index contributed by atoms with van der Waals surface area (Å²) in [5, 5.41) is 1.94. The summed E-state index contributed by atoms with van der Waals surface area (Å²) < 4.78 is 34.6. The monoisotopic (exact) mass is 433 g/mol. The molecule has 154 valence electrons. The van der Waals surface area contributed by atoms with E-state index in [9.17, 15) is 13.2 Å². The molecule has 0 spiro atoms. The van der Waals surface area contributed by atoms with Crippen LogP contribution in [-0.2, 0) is 21.3 Å². The van der Waals surface area contributed by atoms with Gasteiger partial charge in [0.15, 0.2) is 10.9 Å². The Morgan fingerprint density at radius 2 is 1.97 bits per heavy atom. The van der Waals surface area contributed by atoms with Crippen molar-refractivity contribution >= 4 is 32.3 Å². The number of ketones is 1. The van der Waals surface area contributed by atoms with E-state index in [-0.39, 0.29) is 22.4 Å². The fraction of sp³-hybridized carbons (Fsp3) is 0.300. The van der Waals surface area contributed by atoms with Gasteiger partial charge in [-0.1, -0.05) is 18.2 Å². The molecule has 29 heavy (non-hydrogen) atoms. The third-order valence-corrected chi connectivity index (χ3v) is 7.30. The Hall–Kier alpha value is -2.49. The first kappa shape index (κ1) is 21.2. The highest BCUT2D eigenvalue weighted by Gasteiger charge is 2.30. The lowest BCUT2D eigenvalue weighted by molar-refractivity contribution is 0.100. The van der Waals surface area contributed by atoms with Crippen LogP contribution in [-0.4, -0.2) is 44.0 Å². The Balaban J connectivity index is 1.95. The third kappa shape index (κ3) is 4.42. The van der Waals surface area contributed by atoms with Crippen LogP contribution in [0, 0.1) is 13.8 Å². The number of hydrogen-bond donors (Lipinski definition) is 0. The Labute approximate surface area is 174 Å². The number of carbonyl (C=O) groups is 1. The Morgan fingerprint density at radius 3 is 2.59 bits per heavy atom. The zero-order valence-corrected chi connectivity index (χ0v) is 18.2. The zero-order valence-electron chi connectivity index (χ0n) is 16.5. The SMILES string of the molecule is COCCn1c(C)cc(C(=O)CN(c2nccs2)S(=O)(=O)c2ccccc2)c1C. The number of carbonyl (C=O) groups excluding carboxylic acids is 1. The van der Waals surface area contributed by atoms with Crippen LogP contribution in [0.25, 0.3) is 0 Å². The van der Waals surface area contributed by atoms with E-state index in [4.69, 9.17) is 4.74 Å². The van der Waals surface area contributed by atoms with Crippen molar-refractivity contribution in [3.8, 4) is 0 Å². The topological polar surface area (TPSA) is 81.5 Å². The van der Waals surface area contributed by atoms with Crippen molar-refractivity contribution in [2.24, 2.45) is 0 Å². The predicted octanol–water partition coefficient (Wildman–Crippen LogP) is 3.29. The lowest BCUT2D eigenvalue weighted by Crippen LogP contribution is -2.36. The number of thiazole rings is 1. The van der Waals surface area contributed by atoms with Gasteiger partial charge in [-0.2, -0.15) is 0 Å². The van der Waals surface area contributed by atoms with Crippen LogP contribution in [0.2, 0.25) is 0 Å². The number of hydrogen-bond acceptors (Lipinski definition) is 6. The first-order valence-corrected chi connectivity index (χ1v) is 11.3. The minimum Gasteiger partial charge on any atom is -0.383 e. The molecule has 0 saturated carbocycles. The van der Waals surface area contributed by atoms with Crippen molar-refractivity contribution in [2.45, 2.75) is 25.3 Å². The standard InChI is InChI=1S/C20H23N3O4S2/c1-15-13-18(16(2)22(15)10-11-27-3)19(24)14-23(20-21-9-12-28-20)29(25,26)17-7-5-4-6-8-17/h4-9,12-13H,10-11,14H2,1-3H3. The molecule has 1 aromatic carbocycles. The van der Waals surface area contributed by atoms with Crippen molar-refractivity contribution in [3.63, 3.8) is 0 Å². The summed E-state index contributed by atoms with van der Waals surface area (Å²) in [5.74, 6) is -0.281. The van der Waals surface area contributed by atoms with Gasteiger partial charge >= 0.3 is 0 Å². The molecule has 0 radical (unpaired) electrons. The summed E-state index contributed by atoms with van der Waals surface area (Å²) in [6, 6.07) is 9.86. The number of aromatic nitrogens is 2. The molecule has 3 aromatic rings. The number of rotatable bonds is 9. The summed E-state index contributed by atoms with van der Waals surface area (Å²) in [6.07, 6.45) is 1.52. The van der Waals surface area contributed by atoms with Crippen molar-refractivity contribution in [1.29, 1.82) is 0 Å². The second kappa shape index (κ2) is 8.89. The van der Waals surface area contributed by atoms with E-state index in [1.54, 1.807) is 36.8 Å². The molecular weight excluding hydrogens is 410 g/mol. The molecular formula is C20H23N3O4S2. The van der Waals surface area contributed by atoms with E-state index in [1.165, 1.54) is 29.7 Å². The second-order valence-electron chi connectivity index (χ2n) is 6.49. The van der Waals surface area contributed by atoms with E-state index in [1.807, 2.05) is 18.4 Å². The Kier molecular flexibility index (Phi) is 6.51. The number of Topliss-reactive ketones (excluding diaryl/α,β-unsaturated/α-hetero) is 1. The smallest absolute Gasteiger partial charge is 0.266 e. The lowest BCUT2D eigenvalue weighted by Gasteiger charge is -2.21. The van der Waals surface area contributed by atoms with Gasteiger partial charge < -0.3 is 9.30 Å². The van der Waals surface area contributed by atoms with Crippen LogP contribution >= 0.6 is 11.3 Å². The van der Waals surface area contributed by atoms with E-state index in [2.05, 4.69) is 4.98 Å². The fourth-order valence-corrected chi connectivity index (χ4v) is 5.41. The van der Waals surface area contributed by atoms with Crippen LogP contribution in [0.4, 0.5) is 5.13 Å². The maximum Gasteiger partial charge on any atom is 0.266 e. The maximum atomic E-state index is 13.2. The largest absolute Gasteiger partial charge is 0.383 e. The molecule has 0 unspecified atom stereocenters. The van der Waals surface area contributed by atoms with E-state index in [0.29, 0.717) is 18.7 Å². The van der Waals surface area contributed by atoms with Crippen molar-refractivity contribution in [3.05, 3.63) is 64.9 Å². The highest BCUT2D eigenvalue weighted by molar-refractivity contribution is 7.93. The molecule has 0 aliphatic rings. The van der Waals surface area contributed by atoms with Crippen molar-refractivity contribution < 1.29 is 17.9 Å². The molecule has 0 saturated heterocycles. The van der Waals surface area contributed by atoms with Crippen LogP contribution in [0.1, 0.15) is 21.7 Å². The first-order valence-electron chi connectivity index (χ1n) is 9.02. The minimum absolute atomic E-state index is 0.119. The molecule has 0 aliphatic heterocycles. The van der Waals surface area contributed by atoms with Crippen LogP contribution in [0.3, 0.4) is 0 Å². The number of benzene rings is 1. The molecule has 2 heterocycles. The number of aryl methyl sites for hydroxylation is 1. The normalized spacial score (nSPS) is 11.6. The average molecular weight is 434 g/mol. The summed E-state index contributed by atoms with van der Waals surface area (Å²) >= 11 is 1.18. The third-order valence-electron chi connectivity index (χ3n) is 4.64. The molecule has 0 atom stereocenters. The Morgan fingerprint density at radius 1 is 1.24 bits per heavy atom. The molecule has 9 heteroatoms. The highest BCUT2D eigenvalue weighted by Crippen LogP contribution is 2.26. The summed E-state index contributed by atoms with van der Waals surface area (Å²) in [6.45, 7) is 4.60. The summed E-state index contributed by atoms with van der Waals surface area (Å²) in [7, 11) is -2.30. The fourth-order valence-electron chi connectivity index (χ4n) is 3.14. The molecule has 7 nitrogen and oxygen atoms in total. The van der Waals surface area contributed by atoms with Gasteiger partial charge in [0.1, 0.15) is 6.54 Å². The number of sulfonamides is 1. The predicted molar refractivity (Wildman–Crippen MR) is 113 cm³/mol. The van der Waals surface area contributed by atoms with Gasteiger partial charge in [-0.3, -0.25) is 4.79 Å². The van der Waals surface area contributed by atoms with Crippen LogP contribution in [0.5, 0.6) is 0 Å². The molecule has 0 fully saturated rings. The first-order chi connectivity index (χ1) is 13.9. The minimum atomic E-state index is -3.92. The average Bonchev–Trinajstić information content (AvgIpc) is 3.33. The number of anilines is 1. The molecule has 2 aromatic heterocycles. The van der Waals surface area contributed by atoms with E-state index < -0.39 is 10.0 Å². The van der Waals surface area contributed by atoms with Gasteiger partial charge in [-0.25, -0.2) is 17.7 Å². The number of ether oxygens (including phenoxy) is 1. The van der Waals surface area contributed by atoms with Gasteiger partial charge in [0.25, 0.3) is 10.0 Å². The summed E-state index contributed by atoms with van der Waals surface area (Å²) in [5.41, 5.74) is 2.22. The van der Waals surface area contributed by atoms with Crippen LogP contribution < -0.4 is 4.31 Å². The van der Waals surface area contributed by atoms with Gasteiger partial charge in [0, 0.05) is 42.2 Å². The second-order valence-corrected chi connectivity index (χ2v) is 9.23. The van der Waals surface area contributed by atoms with Gasteiger partial charge in [0.05, 0.1) is 11.5 Å². The van der Waals surface area contributed by atoms with Gasteiger partial charge in [-0.15, -0.1) is 11.3 Å². The zero-order chi connectivity index (χ0) is 21.0. The number of nitrogens with zero attached hydrogens (tertiary/aromatic N) is 3.